The molecule has 0 aromatic heterocycles. The van der Waals surface area contributed by atoms with Gasteiger partial charge in [0.25, 0.3) is 0 Å². The molecule has 0 heterocycles. The number of hydrogen-bond donors (Lipinski definition) is 0. The summed E-state index contributed by atoms with van der Waals surface area (Å²) in [5, 5.41) is -0.543. The Morgan fingerprint density at radius 3 is 0.913 bits per heavy atom. The van der Waals surface area contributed by atoms with Gasteiger partial charge in [0.1, 0.15) is 0 Å². The van der Waals surface area contributed by atoms with Crippen molar-refractivity contribution in [2.24, 2.45) is 0 Å². The third-order valence-electron chi connectivity index (χ3n) is 3.63. The van der Waals surface area contributed by atoms with Crippen molar-refractivity contribution in [3.05, 3.63) is 91.0 Å². The molecule has 0 N–H and O–H groups in total. The van der Waals surface area contributed by atoms with Crippen LogP contribution in [0.1, 0.15) is 0 Å². The quantitative estimate of drug-likeness (QED) is 0.376. The minimum absolute atomic E-state index is 0. The summed E-state index contributed by atoms with van der Waals surface area (Å²) < 4.78 is 0. The van der Waals surface area contributed by atoms with Crippen LogP contribution in [0.25, 0.3) is 0 Å². The van der Waals surface area contributed by atoms with Crippen LogP contribution >= 0.6 is 37.7 Å². The fourth-order valence-electron chi connectivity index (χ4n) is 2.52. The minimum atomic E-state index is -3.43. The summed E-state index contributed by atoms with van der Waals surface area (Å²) in [5.41, 5.74) is 0. The molecule has 0 amide bonds. The third-order valence-corrected chi connectivity index (χ3v) is 10.8. The fraction of sp³-hybridized carbons (Fsp3) is 0. The SMILES string of the molecule is ClP(Cl)(c1ccccc1)(c1ccccc1)c1ccccc1.P.[Pd]. The standard InChI is InChI=1S/C18H15Cl2P.H3P.Pd/c19-21(20,16-10-4-1-5-11-16,17-12-6-2-7-13-17)18-14-8-3-9-15-18;;/h1-15H;1H3;. The Balaban J connectivity index is 0.00000132. The molecule has 0 radical (unpaired) electrons. The predicted molar refractivity (Wildman–Crippen MR) is 108 cm³/mol. The average molecular weight is 474 g/mol. The molecule has 23 heavy (non-hydrogen) atoms. The largest absolute Gasteiger partial charge is 0.153 e. The molecule has 0 aliphatic carbocycles. The van der Waals surface area contributed by atoms with Gasteiger partial charge in [-0.05, 0) is 0 Å². The van der Waals surface area contributed by atoms with E-state index in [0.29, 0.717) is 0 Å². The third kappa shape index (κ3) is 3.73. The second-order valence-electron chi connectivity index (χ2n) is 4.91. The van der Waals surface area contributed by atoms with Gasteiger partial charge in [-0.3, -0.25) is 0 Å². The zero-order chi connectivity index (χ0) is 14.8. The van der Waals surface area contributed by atoms with Crippen molar-refractivity contribution < 1.29 is 20.4 Å². The first-order chi connectivity index (χ1) is 10.1. The molecule has 0 spiro atoms. The smallest absolute Gasteiger partial charge is 0 e. The first-order valence-corrected chi connectivity index (χ1v) is 10.8. The molecule has 0 bridgehead atoms. The number of rotatable bonds is 3. The molecule has 1 atom stereocenters. The molecule has 124 valence electrons. The second kappa shape index (κ2) is 8.23. The number of halogens is 2. The molecule has 0 saturated carbocycles. The van der Waals surface area contributed by atoms with Gasteiger partial charge in [-0.25, -0.2) is 0 Å². The molecule has 3 rings (SSSR count). The van der Waals surface area contributed by atoms with E-state index < -0.39 is 5.31 Å². The normalized spacial score (nSPS) is 12.2. The maximum atomic E-state index is 7.27. The summed E-state index contributed by atoms with van der Waals surface area (Å²) in [4.78, 5) is 0. The fourth-order valence-corrected chi connectivity index (χ4v) is 7.53. The average Bonchev–Trinajstić information content (AvgIpc) is 2.57. The molecular weight excluding hydrogens is 455 g/mol. The van der Waals surface area contributed by atoms with Crippen LogP contribution in [0.3, 0.4) is 0 Å². The van der Waals surface area contributed by atoms with Crippen LogP contribution in [0.2, 0.25) is 0 Å². The van der Waals surface area contributed by atoms with Crippen LogP contribution in [0.5, 0.6) is 0 Å². The van der Waals surface area contributed by atoms with Crippen LogP contribution in [-0.2, 0) is 20.4 Å². The maximum absolute atomic E-state index is 7.27. The summed E-state index contributed by atoms with van der Waals surface area (Å²) in [6, 6.07) is 29.9. The molecule has 5 heteroatoms. The van der Waals surface area contributed by atoms with Crippen LogP contribution < -0.4 is 15.9 Å². The van der Waals surface area contributed by atoms with Crippen molar-refractivity contribution in [3.8, 4) is 0 Å². The Morgan fingerprint density at radius 2 is 0.696 bits per heavy atom. The number of hydrogen-bond acceptors (Lipinski definition) is 0. The van der Waals surface area contributed by atoms with E-state index in [0.717, 1.165) is 15.9 Å². The second-order valence-corrected chi connectivity index (χ2v) is 12.9. The van der Waals surface area contributed by atoms with Gasteiger partial charge in [-0.1, -0.05) is 0 Å². The zero-order valence-corrected chi connectivity index (χ0v) is 17.8. The van der Waals surface area contributed by atoms with Crippen molar-refractivity contribution in [3.63, 3.8) is 0 Å². The summed E-state index contributed by atoms with van der Waals surface area (Å²) in [7, 11) is 0. The molecule has 0 aliphatic rings. The Hall–Kier alpha value is -0.238. The molecule has 1 unspecified atom stereocenters. The summed E-state index contributed by atoms with van der Waals surface area (Å²) in [6.45, 7) is 0. The molecule has 0 nitrogen and oxygen atoms in total. The Morgan fingerprint density at radius 1 is 0.478 bits per heavy atom. The van der Waals surface area contributed by atoms with Crippen molar-refractivity contribution in [2.75, 3.05) is 0 Å². The van der Waals surface area contributed by atoms with E-state index in [1.807, 2.05) is 91.0 Å². The Kier molecular flexibility index (Phi) is 7.44. The van der Waals surface area contributed by atoms with E-state index in [-0.39, 0.29) is 30.3 Å². The van der Waals surface area contributed by atoms with Crippen molar-refractivity contribution in [1.82, 2.24) is 0 Å². The van der Waals surface area contributed by atoms with E-state index in [1.165, 1.54) is 0 Å². The van der Waals surface area contributed by atoms with Crippen molar-refractivity contribution >= 4 is 53.6 Å². The van der Waals surface area contributed by atoms with Gasteiger partial charge in [-0.15, -0.1) is 0 Å². The van der Waals surface area contributed by atoms with E-state index >= 15 is 0 Å². The summed E-state index contributed by atoms with van der Waals surface area (Å²) in [6.07, 6.45) is 0. The van der Waals surface area contributed by atoms with Crippen LogP contribution in [-0.4, -0.2) is 0 Å². The van der Waals surface area contributed by atoms with Gasteiger partial charge in [0.15, 0.2) is 0 Å². The van der Waals surface area contributed by atoms with Crippen molar-refractivity contribution in [1.29, 1.82) is 0 Å². The predicted octanol–water partition coefficient (Wildman–Crippen LogP) is 4.88. The number of benzene rings is 3. The Bertz CT molecular complexity index is 631. The van der Waals surface area contributed by atoms with Gasteiger partial charge in [0, 0.05) is 20.4 Å². The monoisotopic (exact) mass is 472 g/mol. The van der Waals surface area contributed by atoms with Crippen LogP contribution in [0.15, 0.2) is 91.0 Å². The molecular formula is C18H18Cl2P2Pd. The van der Waals surface area contributed by atoms with Crippen LogP contribution in [0, 0.1) is 0 Å². The minimum Gasteiger partial charge on any atom is -0.153 e. The summed E-state index contributed by atoms with van der Waals surface area (Å²) in [5.74, 6) is 0. The first kappa shape index (κ1) is 20.8. The van der Waals surface area contributed by atoms with E-state index in [2.05, 4.69) is 0 Å². The van der Waals surface area contributed by atoms with Gasteiger partial charge in [0.05, 0.1) is 0 Å². The molecule has 0 saturated heterocycles. The zero-order valence-electron chi connectivity index (χ0n) is 12.4. The van der Waals surface area contributed by atoms with Gasteiger partial charge in [0.2, 0.25) is 0 Å². The molecule has 0 aliphatic heterocycles. The van der Waals surface area contributed by atoms with Crippen molar-refractivity contribution in [2.45, 2.75) is 0 Å². The van der Waals surface area contributed by atoms with Gasteiger partial charge in [-0.2, -0.15) is 9.90 Å². The maximum Gasteiger partial charge on any atom is 0 e. The Labute approximate surface area is 164 Å². The van der Waals surface area contributed by atoms with Gasteiger partial charge >= 0.3 is 135 Å². The first-order valence-electron chi connectivity index (χ1n) is 6.74. The summed E-state index contributed by atoms with van der Waals surface area (Å²) >= 11 is 14.5. The van der Waals surface area contributed by atoms with E-state index in [9.17, 15) is 0 Å². The van der Waals surface area contributed by atoms with Gasteiger partial charge < -0.3 is 0 Å². The van der Waals surface area contributed by atoms with E-state index in [1.54, 1.807) is 0 Å². The topological polar surface area (TPSA) is 0 Å². The van der Waals surface area contributed by atoms with Crippen LogP contribution in [0.4, 0.5) is 0 Å². The van der Waals surface area contributed by atoms with E-state index in [4.69, 9.17) is 22.5 Å². The molecule has 3 aromatic rings. The molecule has 0 fully saturated rings. The molecule has 3 aromatic carbocycles.